The standard InChI is InChI=1S/C32H35F3N6O5S/c1-37-19-46-26-17-20(30(43)40-25(31(44)45-4)12-13-28(36)42)10-11-23(26)38-14-6-9-27-22(18-32(33,34)35)21-7-5-8-24(29(21)47-27)39-15-16-41(2)3/h5,7-8,10-11,17,25,38-39H,12-16,18-19H2,2-4H3,(H2,36,42)(H,40,43). The maximum Gasteiger partial charge on any atom is 0.393 e. The van der Waals surface area contributed by atoms with E-state index in [0.717, 1.165) is 19.3 Å². The number of carbonyl (C=O) groups is 3. The number of alkyl halides is 3. The number of ether oxygens (including phenoxy) is 2. The van der Waals surface area contributed by atoms with Crippen molar-refractivity contribution in [1.29, 1.82) is 0 Å². The van der Waals surface area contributed by atoms with Crippen LogP contribution in [0.4, 0.5) is 24.5 Å². The lowest BCUT2D eigenvalue weighted by molar-refractivity contribution is -0.143. The number of nitrogens with zero attached hydrogens (tertiary/aromatic N) is 2. The summed E-state index contributed by atoms with van der Waals surface area (Å²) in [5.41, 5.74) is 6.47. The lowest BCUT2D eigenvalue weighted by atomic mass is 10.1. The second-order valence-electron chi connectivity index (χ2n) is 10.5. The van der Waals surface area contributed by atoms with E-state index in [-0.39, 0.29) is 43.0 Å². The first-order valence-electron chi connectivity index (χ1n) is 14.3. The third kappa shape index (κ3) is 11.1. The first-order valence-corrected chi connectivity index (χ1v) is 15.1. The van der Waals surface area contributed by atoms with Gasteiger partial charge in [-0.05, 0) is 55.7 Å². The van der Waals surface area contributed by atoms with Crippen molar-refractivity contribution in [2.75, 3.05) is 58.2 Å². The predicted octanol–water partition coefficient (Wildman–Crippen LogP) is 4.24. The second kappa shape index (κ2) is 17.1. The van der Waals surface area contributed by atoms with Gasteiger partial charge in [-0.15, -0.1) is 11.3 Å². The maximum atomic E-state index is 13.6. The van der Waals surface area contributed by atoms with Gasteiger partial charge < -0.3 is 36.1 Å². The molecule has 0 bridgehead atoms. The fourth-order valence-electron chi connectivity index (χ4n) is 4.42. The molecule has 0 fully saturated rings. The van der Waals surface area contributed by atoms with Crippen LogP contribution >= 0.6 is 11.3 Å². The van der Waals surface area contributed by atoms with Gasteiger partial charge in [0.25, 0.3) is 5.91 Å². The van der Waals surface area contributed by atoms with Crippen LogP contribution < -0.4 is 26.4 Å². The Balaban J connectivity index is 1.83. The molecule has 0 spiro atoms. The molecule has 0 aliphatic heterocycles. The van der Waals surface area contributed by atoms with Crippen molar-refractivity contribution in [3.05, 3.63) is 63.8 Å². The number of benzene rings is 2. The van der Waals surface area contributed by atoms with Gasteiger partial charge in [-0.3, -0.25) is 14.4 Å². The minimum Gasteiger partial charge on any atom is -0.467 e. The number of esters is 1. The Hall–Kier alpha value is -4.99. The molecule has 47 heavy (non-hydrogen) atoms. The number of rotatable bonds is 15. The van der Waals surface area contributed by atoms with Crippen molar-refractivity contribution >= 4 is 50.6 Å². The summed E-state index contributed by atoms with van der Waals surface area (Å²) in [7, 11) is 5.01. The van der Waals surface area contributed by atoms with E-state index in [1.165, 1.54) is 29.5 Å². The minimum atomic E-state index is -4.43. The summed E-state index contributed by atoms with van der Waals surface area (Å²) in [4.78, 5) is 41.6. The topological polar surface area (TPSA) is 139 Å². The molecule has 1 heterocycles. The summed E-state index contributed by atoms with van der Waals surface area (Å²) in [5, 5.41) is 9.31. The number of hydrogen-bond donors (Lipinski definition) is 4. The maximum absolute atomic E-state index is 13.6. The van der Waals surface area contributed by atoms with Crippen LogP contribution in [0.3, 0.4) is 0 Å². The van der Waals surface area contributed by atoms with Crippen LogP contribution in [0.15, 0.2) is 36.4 Å². The van der Waals surface area contributed by atoms with Crippen molar-refractivity contribution < 1.29 is 37.0 Å². The van der Waals surface area contributed by atoms with E-state index in [9.17, 15) is 27.6 Å². The first kappa shape index (κ1) is 36.5. The molecule has 250 valence electrons. The summed E-state index contributed by atoms with van der Waals surface area (Å²) in [6.45, 7) is 8.07. The number of hydrogen-bond acceptors (Lipinski definition) is 9. The number of methoxy groups -OCH3 is 1. The Bertz CT molecular complexity index is 1690. The highest BCUT2D eigenvalue weighted by atomic mass is 32.1. The zero-order valence-electron chi connectivity index (χ0n) is 26.0. The lowest BCUT2D eigenvalue weighted by Crippen LogP contribution is -2.42. The van der Waals surface area contributed by atoms with Gasteiger partial charge in [-0.1, -0.05) is 24.0 Å². The molecule has 5 N–H and O–H groups in total. The highest BCUT2D eigenvalue weighted by Gasteiger charge is 2.31. The molecule has 3 aromatic rings. The molecule has 0 saturated heterocycles. The van der Waals surface area contributed by atoms with Gasteiger partial charge in [-0.25, -0.2) is 11.4 Å². The zero-order valence-corrected chi connectivity index (χ0v) is 26.9. The molecule has 11 nitrogen and oxygen atoms in total. The molecular formula is C32H35F3N6O5S. The second-order valence-corrected chi connectivity index (χ2v) is 11.5. The summed E-state index contributed by atoms with van der Waals surface area (Å²) in [6, 6.07) is 8.39. The van der Waals surface area contributed by atoms with Crippen molar-refractivity contribution in [2.45, 2.75) is 31.5 Å². The zero-order chi connectivity index (χ0) is 34.6. The Kier molecular flexibility index (Phi) is 13.3. The van der Waals surface area contributed by atoms with Gasteiger partial charge >= 0.3 is 18.9 Å². The number of fused-ring (bicyclic) bond motifs is 1. The number of likely N-dealkylation sites (N-methyl/N-ethyl adjacent to an activating group) is 1. The number of primary amides is 1. The fourth-order valence-corrected chi connectivity index (χ4v) is 5.60. The van der Waals surface area contributed by atoms with Gasteiger partial charge in [0, 0.05) is 25.1 Å². The number of anilines is 2. The monoisotopic (exact) mass is 672 g/mol. The minimum absolute atomic E-state index is 0.00506. The molecule has 2 amide bonds. The van der Waals surface area contributed by atoms with E-state index >= 15 is 0 Å². The normalized spacial score (nSPS) is 11.6. The molecule has 0 saturated carbocycles. The van der Waals surface area contributed by atoms with Crippen LogP contribution in [0.25, 0.3) is 14.9 Å². The first-order chi connectivity index (χ1) is 22.3. The molecule has 0 aliphatic rings. The molecular weight excluding hydrogens is 637 g/mol. The van der Waals surface area contributed by atoms with Gasteiger partial charge in [0.1, 0.15) is 6.04 Å². The van der Waals surface area contributed by atoms with Crippen LogP contribution in [0.2, 0.25) is 0 Å². The summed E-state index contributed by atoms with van der Waals surface area (Å²) in [5.74, 6) is 3.83. The highest BCUT2D eigenvalue weighted by molar-refractivity contribution is 7.20. The molecule has 1 atom stereocenters. The molecule has 0 radical (unpaired) electrons. The number of amides is 2. The molecule has 0 aliphatic carbocycles. The molecule has 1 unspecified atom stereocenters. The summed E-state index contributed by atoms with van der Waals surface area (Å²) in [6.07, 6.45) is -5.77. The molecule has 15 heteroatoms. The van der Waals surface area contributed by atoms with Crippen molar-refractivity contribution in [3.63, 3.8) is 0 Å². The van der Waals surface area contributed by atoms with Crippen LogP contribution in [-0.2, 0) is 20.7 Å². The number of nitrogens with two attached hydrogens (primary N) is 1. The third-order valence-electron chi connectivity index (χ3n) is 6.64. The Morgan fingerprint density at radius 3 is 2.57 bits per heavy atom. The summed E-state index contributed by atoms with van der Waals surface area (Å²) >= 11 is 1.19. The number of halogens is 3. The van der Waals surface area contributed by atoms with Gasteiger partial charge in [0.05, 0.1) is 41.0 Å². The molecule has 1 aromatic heterocycles. The highest BCUT2D eigenvalue weighted by Crippen LogP contribution is 2.39. The number of nitrogens with one attached hydrogen (secondary N) is 3. The lowest BCUT2D eigenvalue weighted by Gasteiger charge is -2.16. The largest absolute Gasteiger partial charge is 0.467 e. The van der Waals surface area contributed by atoms with Gasteiger partial charge in [0.2, 0.25) is 5.91 Å². The SMILES string of the molecule is [C-]#[N+]COc1cc(C(=O)NC(CCC(N)=O)C(=O)OC)ccc1NCC#Cc1sc2c(NCCN(C)C)cccc2c1CC(F)(F)F. The number of carbonyl (C=O) groups excluding carboxylic acids is 3. The Morgan fingerprint density at radius 2 is 1.91 bits per heavy atom. The fraction of sp³-hybridized carbons (Fsp3) is 0.375. The van der Waals surface area contributed by atoms with E-state index in [1.54, 1.807) is 12.1 Å². The van der Waals surface area contributed by atoms with Crippen molar-refractivity contribution in [3.8, 4) is 17.6 Å². The van der Waals surface area contributed by atoms with Crippen LogP contribution in [0, 0.1) is 18.4 Å². The summed E-state index contributed by atoms with van der Waals surface area (Å²) < 4.78 is 51.6. The van der Waals surface area contributed by atoms with E-state index in [4.69, 9.17) is 21.8 Å². The Labute approximate surface area is 274 Å². The molecule has 3 rings (SSSR count). The predicted molar refractivity (Wildman–Crippen MR) is 174 cm³/mol. The van der Waals surface area contributed by atoms with Crippen LogP contribution in [0.5, 0.6) is 5.75 Å². The average molecular weight is 673 g/mol. The van der Waals surface area contributed by atoms with Crippen molar-refractivity contribution in [1.82, 2.24) is 10.2 Å². The van der Waals surface area contributed by atoms with Crippen molar-refractivity contribution in [2.24, 2.45) is 5.73 Å². The van der Waals surface area contributed by atoms with E-state index in [1.807, 2.05) is 25.1 Å². The Morgan fingerprint density at radius 1 is 1.15 bits per heavy atom. The average Bonchev–Trinajstić information content (AvgIpc) is 3.36. The third-order valence-corrected chi connectivity index (χ3v) is 7.83. The van der Waals surface area contributed by atoms with Gasteiger partial charge in [0.15, 0.2) is 5.75 Å². The van der Waals surface area contributed by atoms with E-state index < -0.39 is 36.4 Å². The quantitative estimate of drug-likeness (QED) is 0.107. The van der Waals surface area contributed by atoms with Crippen LogP contribution in [0.1, 0.15) is 33.6 Å². The van der Waals surface area contributed by atoms with E-state index in [0.29, 0.717) is 27.2 Å². The van der Waals surface area contributed by atoms with Crippen LogP contribution in [-0.4, -0.2) is 82.5 Å². The smallest absolute Gasteiger partial charge is 0.393 e. The van der Waals surface area contributed by atoms with Gasteiger partial charge in [-0.2, -0.15) is 13.2 Å². The van der Waals surface area contributed by atoms with E-state index in [2.05, 4.69) is 32.6 Å². The molecule has 2 aromatic carbocycles. The number of thiophene rings is 1.